The highest BCUT2D eigenvalue weighted by molar-refractivity contribution is 7.14. The molecule has 1 aromatic carbocycles. The molecule has 7 heteroatoms. The van der Waals surface area contributed by atoms with E-state index >= 15 is 0 Å². The molecule has 0 atom stereocenters. The third-order valence-electron chi connectivity index (χ3n) is 3.59. The van der Waals surface area contributed by atoms with Crippen LogP contribution in [-0.2, 0) is 0 Å². The third kappa shape index (κ3) is 5.47. The molecule has 0 aliphatic carbocycles. The molecule has 27 heavy (non-hydrogen) atoms. The lowest BCUT2D eigenvalue weighted by molar-refractivity contribution is 0.0953. The van der Waals surface area contributed by atoms with Crippen LogP contribution in [0, 0.1) is 6.92 Å². The lowest BCUT2D eigenvalue weighted by Gasteiger charge is -2.16. The highest BCUT2D eigenvalue weighted by atomic mass is 32.1. The number of rotatable bonds is 9. The number of hydrogen-bond acceptors (Lipinski definition) is 6. The zero-order chi connectivity index (χ0) is 19.8. The van der Waals surface area contributed by atoms with Gasteiger partial charge in [0.15, 0.2) is 11.5 Å². The predicted molar refractivity (Wildman–Crippen MR) is 109 cm³/mol. The van der Waals surface area contributed by atoms with E-state index in [0.717, 1.165) is 10.6 Å². The molecule has 0 unspecified atom stereocenters. The summed E-state index contributed by atoms with van der Waals surface area (Å²) in [5.74, 6) is 1.12. The maximum atomic E-state index is 12.6. The number of carbonyl (C=O) groups excluding carboxylic acids is 1. The summed E-state index contributed by atoms with van der Waals surface area (Å²) >= 11 is 1.63. The molecule has 0 bridgehead atoms. The number of carbonyl (C=O) groups is 1. The monoisotopic (exact) mass is 390 g/mol. The molecule has 0 saturated carbocycles. The molecule has 0 aliphatic rings. The molecule has 146 valence electrons. The van der Waals surface area contributed by atoms with Crippen LogP contribution in [0.1, 0.15) is 47.8 Å². The average molecular weight is 391 g/mol. The Hall–Kier alpha value is -2.54. The molecule has 0 fully saturated rings. The number of thiophene rings is 1. The normalized spacial score (nSPS) is 11.2. The molecule has 1 heterocycles. The van der Waals surface area contributed by atoms with E-state index in [1.165, 1.54) is 4.88 Å². The fraction of sp³-hybridized carbons (Fsp3) is 0.400. The molecule has 1 amide bonds. The summed E-state index contributed by atoms with van der Waals surface area (Å²) in [6.45, 7) is 10.9. The summed E-state index contributed by atoms with van der Waals surface area (Å²) in [5, 5.41) is 4.21. The number of amides is 1. The van der Waals surface area contributed by atoms with Crippen LogP contribution < -0.4 is 19.6 Å². The molecule has 0 saturated heterocycles. The molecular weight excluding hydrogens is 364 g/mol. The van der Waals surface area contributed by atoms with Crippen LogP contribution in [0.15, 0.2) is 29.4 Å². The maximum Gasteiger partial charge on any atom is 0.271 e. The number of ether oxygens (including phenoxy) is 3. The van der Waals surface area contributed by atoms with Crippen LogP contribution in [0.5, 0.6) is 17.2 Å². The van der Waals surface area contributed by atoms with Crippen LogP contribution in [-0.4, -0.2) is 31.4 Å². The van der Waals surface area contributed by atoms with Crippen molar-refractivity contribution in [1.29, 1.82) is 0 Å². The Morgan fingerprint density at radius 1 is 1.04 bits per heavy atom. The van der Waals surface area contributed by atoms with Crippen LogP contribution in [0.25, 0.3) is 0 Å². The van der Waals surface area contributed by atoms with Gasteiger partial charge in [0, 0.05) is 10.4 Å². The second-order valence-electron chi connectivity index (χ2n) is 5.65. The first-order chi connectivity index (χ1) is 13.0. The fourth-order valence-corrected chi connectivity index (χ4v) is 3.22. The number of nitrogens with zero attached hydrogens (tertiary/aromatic N) is 1. The second kappa shape index (κ2) is 9.97. The van der Waals surface area contributed by atoms with Gasteiger partial charge in [-0.25, -0.2) is 5.43 Å². The summed E-state index contributed by atoms with van der Waals surface area (Å²) in [4.78, 5) is 14.8. The van der Waals surface area contributed by atoms with Crippen molar-refractivity contribution >= 4 is 23.0 Å². The SMILES string of the molecule is CCOc1cc(C(=O)N/N=C(/C)c2ccc(C)s2)cc(OCC)c1OCC. The second-order valence-corrected chi connectivity index (χ2v) is 6.94. The quantitative estimate of drug-likeness (QED) is 0.509. The number of aryl methyl sites for hydroxylation is 1. The largest absolute Gasteiger partial charge is 0.490 e. The summed E-state index contributed by atoms with van der Waals surface area (Å²) in [6, 6.07) is 7.30. The zero-order valence-corrected chi connectivity index (χ0v) is 17.2. The maximum absolute atomic E-state index is 12.6. The van der Waals surface area contributed by atoms with Crippen LogP contribution in [0.3, 0.4) is 0 Å². The fourth-order valence-electron chi connectivity index (χ4n) is 2.40. The van der Waals surface area contributed by atoms with Crippen LogP contribution >= 0.6 is 11.3 Å². The first kappa shape index (κ1) is 20.8. The number of benzene rings is 1. The van der Waals surface area contributed by atoms with Crippen molar-refractivity contribution in [3.05, 3.63) is 39.6 Å². The topological polar surface area (TPSA) is 69.2 Å². The molecule has 1 N–H and O–H groups in total. The molecule has 0 aliphatic heterocycles. The van der Waals surface area contributed by atoms with Crippen molar-refractivity contribution in [2.75, 3.05) is 19.8 Å². The molecule has 1 aromatic heterocycles. The Bertz CT molecular complexity index is 787. The van der Waals surface area contributed by atoms with E-state index in [0.29, 0.717) is 42.6 Å². The Morgan fingerprint density at radius 2 is 1.63 bits per heavy atom. The summed E-state index contributed by atoms with van der Waals surface area (Å²) in [6.07, 6.45) is 0. The highest BCUT2D eigenvalue weighted by Crippen LogP contribution is 2.39. The van der Waals surface area contributed by atoms with E-state index in [9.17, 15) is 4.79 Å². The van der Waals surface area contributed by atoms with Gasteiger partial charge in [0.05, 0.1) is 30.4 Å². The van der Waals surface area contributed by atoms with Gasteiger partial charge in [-0.05, 0) is 58.9 Å². The Kier molecular flexibility index (Phi) is 7.67. The minimum Gasteiger partial charge on any atom is -0.490 e. The molecule has 2 aromatic rings. The smallest absolute Gasteiger partial charge is 0.271 e. The first-order valence-corrected chi connectivity index (χ1v) is 9.79. The standard InChI is InChI=1S/C20H26N2O4S/c1-6-24-16-11-15(12-17(25-7-2)19(16)26-8-3)20(23)22-21-14(5)18-10-9-13(4)27-18/h9-12H,6-8H2,1-5H3,(H,22,23)/b21-14-. The Labute approximate surface area is 164 Å². The van der Waals surface area contributed by atoms with Crippen LogP contribution in [0.4, 0.5) is 0 Å². The van der Waals surface area contributed by atoms with Gasteiger partial charge in [-0.1, -0.05) is 0 Å². The summed E-state index contributed by atoms with van der Waals surface area (Å²) in [5.41, 5.74) is 3.75. The van der Waals surface area contributed by atoms with E-state index in [1.807, 2.05) is 46.8 Å². The summed E-state index contributed by atoms with van der Waals surface area (Å²) in [7, 11) is 0. The Balaban J connectivity index is 2.28. The van der Waals surface area contributed by atoms with E-state index in [-0.39, 0.29) is 5.91 Å². The number of nitrogens with one attached hydrogen (secondary N) is 1. The first-order valence-electron chi connectivity index (χ1n) is 8.97. The lowest BCUT2D eigenvalue weighted by Crippen LogP contribution is -2.19. The van der Waals surface area contributed by atoms with Gasteiger partial charge in [0.1, 0.15) is 0 Å². The number of hydrazone groups is 1. The van der Waals surface area contributed by atoms with Gasteiger partial charge in [0.2, 0.25) is 5.75 Å². The molecule has 2 rings (SSSR count). The van der Waals surface area contributed by atoms with Crippen LogP contribution in [0.2, 0.25) is 0 Å². The molecule has 6 nitrogen and oxygen atoms in total. The zero-order valence-electron chi connectivity index (χ0n) is 16.4. The van der Waals surface area contributed by atoms with E-state index in [1.54, 1.807) is 23.5 Å². The van der Waals surface area contributed by atoms with Crippen molar-refractivity contribution in [3.8, 4) is 17.2 Å². The van der Waals surface area contributed by atoms with E-state index in [2.05, 4.69) is 10.5 Å². The average Bonchev–Trinajstić information content (AvgIpc) is 3.08. The van der Waals surface area contributed by atoms with Gasteiger partial charge in [-0.15, -0.1) is 11.3 Å². The highest BCUT2D eigenvalue weighted by Gasteiger charge is 2.18. The van der Waals surface area contributed by atoms with Gasteiger partial charge in [0.25, 0.3) is 5.91 Å². The van der Waals surface area contributed by atoms with Gasteiger partial charge < -0.3 is 14.2 Å². The third-order valence-corrected chi connectivity index (χ3v) is 4.70. The Morgan fingerprint density at radius 3 is 2.11 bits per heavy atom. The molecular formula is C20H26N2O4S. The van der Waals surface area contributed by atoms with Crippen molar-refractivity contribution < 1.29 is 19.0 Å². The van der Waals surface area contributed by atoms with Crippen molar-refractivity contribution in [3.63, 3.8) is 0 Å². The molecule has 0 spiro atoms. The van der Waals surface area contributed by atoms with Crippen molar-refractivity contribution in [2.24, 2.45) is 5.10 Å². The van der Waals surface area contributed by atoms with Gasteiger partial charge in [-0.3, -0.25) is 4.79 Å². The van der Waals surface area contributed by atoms with Gasteiger partial charge in [-0.2, -0.15) is 5.10 Å². The number of hydrogen-bond donors (Lipinski definition) is 1. The van der Waals surface area contributed by atoms with Crippen molar-refractivity contribution in [1.82, 2.24) is 5.43 Å². The summed E-state index contributed by atoms with van der Waals surface area (Å²) < 4.78 is 17.0. The van der Waals surface area contributed by atoms with E-state index in [4.69, 9.17) is 14.2 Å². The lowest BCUT2D eigenvalue weighted by atomic mass is 10.1. The minimum absolute atomic E-state index is 0.340. The minimum atomic E-state index is -0.340. The molecule has 0 radical (unpaired) electrons. The predicted octanol–water partition coefficient (Wildman–Crippen LogP) is 4.41. The van der Waals surface area contributed by atoms with Crippen molar-refractivity contribution in [2.45, 2.75) is 34.6 Å². The van der Waals surface area contributed by atoms with E-state index < -0.39 is 0 Å². The van der Waals surface area contributed by atoms with Gasteiger partial charge >= 0.3 is 0 Å².